The molecule has 0 radical (unpaired) electrons. The standard InChI is InChI=1S/C24H18N4O5/c1-33-19-13-12-17(28(31)32)14-18(19)25-23(29)21-20(15-8-4-2-5-9-15)22(26-27-24(21)30)16-10-6-3-7-11-16/h2-14H,1H3,(H,25,29)(H,27,30). The summed E-state index contributed by atoms with van der Waals surface area (Å²) in [6, 6.07) is 21.9. The lowest BCUT2D eigenvalue weighted by Crippen LogP contribution is -2.26. The van der Waals surface area contributed by atoms with Gasteiger partial charge in [0.05, 0.1) is 23.4 Å². The number of carbonyl (C=O) groups is 1. The van der Waals surface area contributed by atoms with Gasteiger partial charge in [0.25, 0.3) is 17.2 Å². The number of benzene rings is 3. The molecular weight excluding hydrogens is 424 g/mol. The third-order valence-corrected chi connectivity index (χ3v) is 4.96. The molecule has 0 saturated heterocycles. The number of ether oxygens (including phenoxy) is 1. The van der Waals surface area contributed by atoms with Crippen LogP contribution in [0.3, 0.4) is 0 Å². The molecule has 0 aliphatic heterocycles. The molecule has 0 unspecified atom stereocenters. The molecule has 0 spiro atoms. The first-order chi connectivity index (χ1) is 16.0. The van der Waals surface area contributed by atoms with Crippen LogP contribution >= 0.6 is 0 Å². The predicted octanol–water partition coefficient (Wildman–Crippen LogP) is 4.27. The van der Waals surface area contributed by atoms with E-state index in [2.05, 4.69) is 15.5 Å². The van der Waals surface area contributed by atoms with Gasteiger partial charge in [0.2, 0.25) is 0 Å². The van der Waals surface area contributed by atoms with Gasteiger partial charge in [0.1, 0.15) is 11.3 Å². The number of anilines is 1. The van der Waals surface area contributed by atoms with Crippen molar-refractivity contribution in [1.29, 1.82) is 0 Å². The number of rotatable bonds is 6. The van der Waals surface area contributed by atoms with Crippen molar-refractivity contribution < 1.29 is 14.5 Å². The Bertz CT molecular complexity index is 1390. The molecular formula is C24H18N4O5. The average molecular weight is 442 g/mol. The van der Waals surface area contributed by atoms with Gasteiger partial charge in [-0.3, -0.25) is 19.7 Å². The number of aromatic amines is 1. The highest BCUT2D eigenvalue weighted by Crippen LogP contribution is 2.33. The van der Waals surface area contributed by atoms with E-state index < -0.39 is 16.4 Å². The van der Waals surface area contributed by atoms with Crippen LogP contribution < -0.4 is 15.6 Å². The van der Waals surface area contributed by atoms with Crippen LogP contribution in [0.25, 0.3) is 22.4 Å². The summed E-state index contributed by atoms with van der Waals surface area (Å²) in [5, 5.41) is 20.4. The number of hydrogen-bond donors (Lipinski definition) is 2. The zero-order valence-corrected chi connectivity index (χ0v) is 17.4. The summed E-state index contributed by atoms with van der Waals surface area (Å²) in [4.78, 5) is 36.8. The van der Waals surface area contributed by atoms with Crippen LogP contribution in [0.15, 0.2) is 83.7 Å². The highest BCUT2D eigenvalue weighted by atomic mass is 16.6. The molecule has 9 heteroatoms. The minimum atomic E-state index is -0.756. The summed E-state index contributed by atoms with van der Waals surface area (Å²) in [7, 11) is 1.37. The second kappa shape index (κ2) is 9.15. The number of H-pyrrole nitrogens is 1. The first-order valence-corrected chi connectivity index (χ1v) is 9.87. The summed E-state index contributed by atoms with van der Waals surface area (Å²) in [5.74, 6) is -0.544. The van der Waals surface area contributed by atoms with Crippen LogP contribution in [0.2, 0.25) is 0 Å². The Kier molecular flexibility index (Phi) is 5.94. The molecule has 0 saturated carbocycles. The third-order valence-electron chi connectivity index (χ3n) is 4.96. The van der Waals surface area contributed by atoms with E-state index in [1.165, 1.54) is 25.3 Å². The molecule has 164 valence electrons. The number of hydrogen-bond acceptors (Lipinski definition) is 6. The van der Waals surface area contributed by atoms with Crippen LogP contribution in [-0.4, -0.2) is 28.1 Å². The van der Waals surface area contributed by atoms with Gasteiger partial charge in [-0.15, -0.1) is 0 Å². The second-order valence-electron chi connectivity index (χ2n) is 6.98. The Morgan fingerprint density at radius 2 is 1.64 bits per heavy atom. The van der Waals surface area contributed by atoms with Crippen LogP contribution in [0.1, 0.15) is 10.4 Å². The topological polar surface area (TPSA) is 127 Å². The van der Waals surface area contributed by atoms with Gasteiger partial charge in [-0.1, -0.05) is 60.7 Å². The summed E-state index contributed by atoms with van der Waals surface area (Å²) in [6.07, 6.45) is 0. The van der Waals surface area contributed by atoms with Crippen molar-refractivity contribution in [2.45, 2.75) is 0 Å². The van der Waals surface area contributed by atoms with E-state index >= 15 is 0 Å². The zero-order chi connectivity index (χ0) is 23.4. The Balaban J connectivity index is 1.90. The van der Waals surface area contributed by atoms with E-state index in [0.29, 0.717) is 22.4 Å². The largest absolute Gasteiger partial charge is 0.495 e. The van der Waals surface area contributed by atoms with Crippen LogP contribution in [-0.2, 0) is 0 Å². The van der Waals surface area contributed by atoms with Gasteiger partial charge < -0.3 is 10.1 Å². The minimum absolute atomic E-state index is 0.0631. The fourth-order valence-corrected chi connectivity index (χ4v) is 3.45. The molecule has 1 heterocycles. The lowest BCUT2D eigenvalue weighted by atomic mass is 9.95. The number of nitrogens with zero attached hydrogens (tertiary/aromatic N) is 2. The molecule has 9 nitrogen and oxygen atoms in total. The number of carbonyl (C=O) groups excluding carboxylic acids is 1. The SMILES string of the molecule is COc1ccc([N+](=O)[O-])cc1NC(=O)c1c(-c2ccccc2)c(-c2ccccc2)n[nH]c1=O. The Morgan fingerprint density at radius 1 is 1.00 bits per heavy atom. The van der Waals surface area contributed by atoms with Crippen molar-refractivity contribution in [2.75, 3.05) is 12.4 Å². The summed E-state index contributed by atoms with van der Waals surface area (Å²) in [5.41, 5.74) is 1.03. The van der Waals surface area contributed by atoms with Crippen molar-refractivity contribution in [3.8, 4) is 28.1 Å². The number of nitro benzene ring substituents is 1. The molecule has 3 aromatic carbocycles. The summed E-state index contributed by atoms with van der Waals surface area (Å²) in [6.45, 7) is 0. The monoisotopic (exact) mass is 442 g/mol. The highest BCUT2D eigenvalue weighted by molar-refractivity contribution is 6.10. The predicted molar refractivity (Wildman–Crippen MR) is 123 cm³/mol. The number of amides is 1. The van der Waals surface area contributed by atoms with Gasteiger partial charge in [-0.05, 0) is 11.6 Å². The van der Waals surface area contributed by atoms with Gasteiger partial charge in [-0.2, -0.15) is 5.10 Å². The van der Waals surface area contributed by atoms with Crippen molar-refractivity contribution in [3.63, 3.8) is 0 Å². The molecule has 0 aliphatic rings. The normalized spacial score (nSPS) is 10.5. The van der Waals surface area contributed by atoms with E-state index in [9.17, 15) is 19.7 Å². The quantitative estimate of drug-likeness (QED) is 0.339. The average Bonchev–Trinajstić information content (AvgIpc) is 2.84. The summed E-state index contributed by atoms with van der Waals surface area (Å²) < 4.78 is 5.22. The van der Waals surface area contributed by atoms with Gasteiger partial charge in [-0.25, -0.2) is 5.10 Å². The number of non-ortho nitro benzene ring substituents is 1. The molecule has 0 fully saturated rings. The van der Waals surface area contributed by atoms with E-state index in [0.717, 1.165) is 0 Å². The minimum Gasteiger partial charge on any atom is -0.495 e. The maximum Gasteiger partial charge on any atom is 0.277 e. The van der Waals surface area contributed by atoms with E-state index in [1.54, 1.807) is 24.3 Å². The molecule has 4 aromatic rings. The van der Waals surface area contributed by atoms with Gasteiger partial charge in [0.15, 0.2) is 0 Å². The number of nitrogens with one attached hydrogen (secondary N) is 2. The fourth-order valence-electron chi connectivity index (χ4n) is 3.45. The van der Waals surface area contributed by atoms with E-state index in [-0.39, 0.29) is 22.7 Å². The first kappa shape index (κ1) is 21.4. The fraction of sp³-hybridized carbons (Fsp3) is 0.0417. The van der Waals surface area contributed by atoms with Crippen LogP contribution in [0.4, 0.5) is 11.4 Å². The van der Waals surface area contributed by atoms with Crippen molar-refractivity contribution >= 4 is 17.3 Å². The van der Waals surface area contributed by atoms with Crippen LogP contribution in [0.5, 0.6) is 5.75 Å². The van der Waals surface area contributed by atoms with Crippen molar-refractivity contribution in [1.82, 2.24) is 10.2 Å². The number of methoxy groups -OCH3 is 1. The lowest BCUT2D eigenvalue weighted by Gasteiger charge is -2.15. The molecule has 2 N–H and O–H groups in total. The Morgan fingerprint density at radius 3 is 2.24 bits per heavy atom. The first-order valence-electron chi connectivity index (χ1n) is 9.87. The Labute approximate surface area is 187 Å². The van der Waals surface area contributed by atoms with Crippen molar-refractivity contribution in [3.05, 3.63) is 105 Å². The maximum absolute atomic E-state index is 13.4. The van der Waals surface area contributed by atoms with Crippen LogP contribution in [0, 0.1) is 10.1 Å². The summed E-state index contributed by atoms with van der Waals surface area (Å²) >= 11 is 0. The highest BCUT2D eigenvalue weighted by Gasteiger charge is 2.24. The number of nitro groups is 1. The zero-order valence-electron chi connectivity index (χ0n) is 17.4. The molecule has 4 rings (SSSR count). The Hall–Kier alpha value is -4.79. The van der Waals surface area contributed by atoms with E-state index in [4.69, 9.17) is 4.74 Å². The lowest BCUT2D eigenvalue weighted by molar-refractivity contribution is -0.384. The molecule has 1 aromatic heterocycles. The van der Waals surface area contributed by atoms with Gasteiger partial charge >= 0.3 is 0 Å². The molecule has 0 bridgehead atoms. The smallest absolute Gasteiger partial charge is 0.277 e. The molecule has 0 atom stereocenters. The number of aromatic nitrogens is 2. The van der Waals surface area contributed by atoms with Crippen molar-refractivity contribution in [2.24, 2.45) is 0 Å². The maximum atomic E-state index is 13.4. The molecule has 0 aliphatic carbocycles. The molecule has 1 amide bonds. The molecule has 33 heavy (non-hydrogen) atoms. The van der Waals surface area contributed by atoms with Gasteiger partial charge in [0, 0.05) is 23.3 Å². The third kappa shape index (κ3) is 4.33. The second-order valence-corrected chi connectivity index (χ2v) is 6.98. The van der Waals surface area contributed by atoms with E-state index in [1.807, 2.05) is 36.4 Å².